The highest BCUT2D eigenvalue weighted by atomic mass is 16.6. The fourth-order valence-corrected chi connectivity index (χ4v) is 7.68. The second kappa shape index (κ2) is 54.5. The summed E-state index contributed by atoms with van der Waals surface area (Å²) in [5.74, 6) is -0.960. The largest absolute Gasteiger partial charge is 0.462 e. The van der Waals surface area contributed by atoms with Crippen molar-refractivity contribution in [2.75, 3.05) is 13.2 Å². The Bertz CT molecular complexity index is 1240. The van der Waals surface area contributed by atoms with Crippen LogP contribution in [0.3, 0.4) is 0 Å². The van der Waals surface area contributed by atoms with Crippen LogP contribution >= 0.6 is 0 Å². The molecule has 0 aromatic heterocycles. The van der Waals surface area contributed by atoms with Crippen LogP contribution in [-0.2, 0) is 28.6 Å². The number of carbonyl (C=O) groups is 3. The summed E-state index contributed by atoms with van der Waals surface area (Å²) in [5, 5.41) is 0. The second-order valence-corrected chi connectivity index (χ2v) is 18.5. The monoisotopic (exact) mass is 921 g/mol. The lowest BCUT2D eigenvalue weighted by Crippen LogP contribution is -2.30. The average Bonchev–Trinajstić information content (AvgIpc) is 3.31. The van der Waals surface area contributed by atoms with Gasteiger partial charge in [-0.1, -0.05) is 222 Å². The van der Waals surface area contributed by atoms with Crippen LogP contribution in [-0.4, -0.2) is 37.2 Å². The molecule has 6 heteroatoms. The van der Waals surface area contributed by atoms with E-state index in [2.05, 4.69) is 93.7 Å². The molecule has 1 atom stereocenters. The Hall–Kier alpha value is -3.15. The van der Waals surface area contributed by atoms with E-state index in [1.807, 2.05) is 0 Å². The standard InChI is InChI=1S/C60H104O6/c1-4-7-10-13-16-19-22-25-27-29-30-32-33-35-38-41-44-47-50-53-59(62)65-56-57(55-64-58(61)52-49-46-43-40-37-24-21-18-15-12-9-6-3)66-60(63)54-51-48-45-42-39-36-34-31-28-26-23-20-17-14-11-8-5-2/h16,18-19,21-22,25-26,28,34,36,42,45,57H,4-15,17,20,23-24,27,29-33,35,37-41,43-44,46-56H2,1-3H3/b19-16-,21-18-,25-22-,28-26-,36-34-,45-42-. The van der Waals surface area contributed by atoms with Crippen LogP contribution in [0.15, 0.2) is 72.9 Å². The quantitative estimate of drug-likeness (QED) is 0.0199. The Morgan fingerprint density at radius 3 is 1.03 bits per heavy atom. The van der Waals surface area contributed by atoms with Crippen molar-refractivity contribution < 1.29 is 28.6 Å². The summed E-state index contributed by atoms with van der Waals surface area (Å²) in [6.07, 6.45) is 68.9. The van der Waals surface area contributed by atoms with Crippen molar-refractivity contribution in [3.05, 3.63) is 72.9 Å². The first kappa shape index (κ1) is 62.8. The van der Waals surface area contributed by atoms with Crippen molar-refractivity contribution >= 4 is 17.9 Å². The highest BCUT2D eigenvalue weighted by Gasteiger charge is 2.19. The van der Waals surface area contributed by atoms with Crippen LogP contribution in [0.1, 0.15) is 271 Å². The predicted molar refractivity (Wildman–Crippen MR) is 284 cm³/mol. The normalized spacial score (nSPS) is 12.6. The van der Waals surface area contributed by atoms with E-state index in [0.29, 0.717) is 19.3 Å². The van der Waals surface area contributed by atoms with Gasteiger partial charge in [0.05, 0.1) is 0 Å². The number of ether oxygens (including phenoxy) is 3. The van der Waals surface area contributed by atoms with E-state index in [0.717, 1.165) is 64.2 Å². The lowest BCUT2D eigenvalue weighted by Gasteiger charge is -2.18. The van der Waals surface area contributed by atoms with Gasteiger partial charge in [0, 0.05) is 19.3 Å². The zero-order chi connectivity index (χ0) is 47.9. The van der Waals surface area contributed by atoms with Crippen molar-refractivity contribution in [3.63, 3.8) is 0 Å². The SMILES string of the molecule is CCCCC/C=C\C=C/CCCCCCCCCCCCC(=O)OCC(COC(=O)CCCCCCC/C=C\CCCCC)OC(=O)CCC/C=C\C/C=C\C/C=C\CCCCCCCC. The highest BCUT2D eigenvalue weighted by Crippen LogP contribution is 2.14. The van der Waals surface area contributed by atoms with Gasteiger partial charge in [0.25, 0.3) is 0 Å². The second-order valence-electron chi connectivity index (χ2n) is 18.5. The molecule has 0 bridgehead atoms. The number of unbranched alkanes of at least 4 members (excludes halogenated alkanes) is 28. The van der Waals surface area contributed by atoms with Gasteiger partial charge < -0.3 is 14.2 Å². The summed E-state index contributed by atoms with van der Waals surface area (Å²) in [4.78, 5) is 38.0. The fourth-order valence-electron chi connectivity index (χ4n) is 7.68. The molecule has 0 radical (unpaired) electrons. The molecule has 0 aliphatic carbocycles. The van der Waals surface area contributed by atoms with Crippen LogP contribution in [0.5, 0.6) is 0 Å². The van der Waals surface area contributed by atoms with E-state index in [1.54, 1.807) is 0 Å². The summed E-state index contributed by atoms with van der Waals surface area (Å²) in [7, 11) is 0. The van der Waals surface area contributed by atoms with Gasteiger partial charge in [-0.3, -0.25) is 14.4 Å². The maximum atomic E-state index is 12.8. The highest BCUT2D eigenvalue weighted by molar-refractivity contribution is 5.71. The van der Waals surface area contributed by atoms with E-state index in [1.165, 1.54) is 161 Å². The molecular formula is C60H104O6. The molecule has 0 spiro atoms. The average molecular weight is 921 g/mol. The molecule has 0 rings (SSSR count). The number of hydrogen-bond acceptors (Lipinski definition) is 6. The molecule has 0 amide bonds. The van der Waals surface area contributed by atoms with Crippen molar-refractivity contribution in [2.24, 2.45) is 0 Å². The molecule has 0 aromatic rings. The van der Waals surface area contributed by atoms with E-state index in [9.17, 15) is 14.4 Å². The van der Waals surface area contributed by atoms with Crippen molar-refractivity contribution in [1.29, 1.82) is 0 Å². The van der Waals surface area contributed by atoms with Gasteiger partial charge in [0.1, 0.15) is 13.2 Å². The number of allylic oxidation sites excluding steroid dienone is 12. The van der Waals surface area contributed by atoms with Crippen LogP contribution in [0, 0.1) is 0 Å². The topological polar surface area (TPSA) is 78.9 Å². The van der Waals surface area contributed by atoms with E-state index in [-0.39, 0.29) is 37.5 Å². The molecule has 0 N–H and O–H groups in total. The molecule has 0 aliphatic rings. The minimum absolute atomic E-state index is 0.0994. The third-order valence-corrected chi connectivity index (χ3v) is 11.9. The Morgan fingerprint density at radius 2 is 0.606 bits per heavy atom. The third-order valence-electron chi connectivity index (χ3n) is 11.9. The maximum Gasteiger partial charge on any atom is 0.306 e. The summed E-state index contributed by atoms with van der Waals surface area (Å²) in [5.41, 5.74) is 0. The van der Waals surface area contributed by atoms with Gasteiger partial charge in [0.2, 0.25) is 0 Å². The number of esters is 3. The fraction of sp³-hybridized carbons (Fsp3) is 0.750. The smallest absolute Gasteiger partial charge is 0.306 e. The van der Waals surface area contributed by atoms with Crippen LogP contribution in [0.2, 0.25) is 0 Å². The van der Waals surface area contributed by atoms with Crippen LogP contribution in [0.4, 0.5) is 0 Å². The number of rotatable bonds is 50. The minimum Gasteiger partial charge on any atom is -0.462 e. The molecular weight excluding hydrogens is 817 g/mol. The summed E-state index contributed by atoms with van der Waals surface area (Å²) >= 11 is 0. The minimum atomic E-state index is -0.806. The number of carbonyl (C=O) groups excluding carboxylic acids is 3. The van der Waals surface area contributed by atoms with Crippen molar-refractivity contribution in [1.82, 2.24) is 0 Å². The van der Waals surface area contributed by atoms with Gasteiger partial charge in [-0.2, -0.15) is 0 Å². The van der Waals surface area contributed by atoms with Gasteiger partial charge in [-0.05, 0) is 103 Å². The zero-order valence-corrected chi connectivity index (χ0v) is 43.4. The lowest BCUT2D eigenvalue weighted by atomic mass is 10.1. The maximum absolute atomic E-state index is 12.8. The van der Waals surface area contributed by atoms with Crippen molar-refractivity contribution in [3.8, 4) is 0 Å². The van der Waals surface area contributed by atoms with Gasteiger partial charge in [-0.25, -0.2) is 0 Å². The molecule has 0 aliphatic heterocycles. The lowest BCUT2D eigenvalue weighted by molar-refractivity contribution is -0.167. The molecule has 6 nitrogen and oxygen atoms in total. The Kier molecular flexibility index (Phi) is 51.9. The Labute approximate surface area is 408 Å². The first-order chi connectivity index (χ1) is 32.5. The van der Waals surface area contributed by atoms with Gasteiger partial charge in [0.15, 0.2) is 6.10 Å². The predicted octanol–water partition coefficient (Wildman–Crippen LogP) is 18.6. The first-order valence-electron chi connectivity index (χ1n) is 28.0. The molecule has 380 valence electrons. The summed E-state index contributed by atoms with van der Waals surface area (Å²) in [6, 6.07) is 0. The van der Waals surface area contributed by atoms with E-state index in [4.69, 9.17) is 14.2 Å². The third kappa shape index (κ3) is 51.8. The molecule has 0 aromatic carbocycles. The first-order valence-corrected chi connectivity index (χ1v) is 28.0. The van der Waals surface area contributed by atoms with Gasteiger partial charge >= 0.3 is 17.9 Å². The van der Waals surface area contributed by atoms with E-state index < -0.39 is 6.10 Å². The summed E-state index contributed by atoms with van der Waals surface area (Å²) < 4.78 is 16.8. The molecule has 0 heterocycles. The molecule has 66 heavy (non-hydrogen) atoms. The van der Waals surface area contributed by atoms with Crippen LogP contribution < -0.4 is 0 Å². The number of hydrogen-bond donors (Lipinski definition) is 0. The Morgan fingerprint density at radius 1 is 0.318 bits per heavy atom. The summed E-state index contributed by atoms with van der Waals surface area (Å²) in [6.45, 7) is 6.54. The van der Waals surface area contributed by atoms with Crippen molar-refractivity contribution in [2.45, 2.75) is 277 Å². The van der Waals surface area contributed by atoms with E-state index >= 15 is 0 Å². The molecule has 0 saturated heterocycles. The zero-order valence-electron chi connectivity index (χ0n) is 43.4. The molecule has 0 saturated carbocycles. The van der Waals surface area contributed by atoms with Crippen LogP contribution in [0.25, 0.3) is 0 Å². The van der Waals surface area contributed by atoms with Gasteiger partial charge in [-0.15, -0.1) is 0 Å². The Balaban J connectivity index is 4.43. The molecule has 1 unspecified atom stereocenters. The molecule has 0 fully saturated rings.